The van der Waals surface area contributed by atoms with E-state index < -0.39 is 30.7 Å². The fraction of sp³-hybridized carbons (Fsp3) is 0.263. The summed E-state index contributed by atoms with van der Waals surface area (Å²) in [4.78, 5) is 12.5. The van der Waals surface area contributed by atoms with Gasteiger partial charge in [0, 0.05) is 11.1 Å². The van der Waals surface area contributed by atoms with Gasteiger partial charge in [-0.25, -0.2) is 0 Å². The Labute approximate surface area is 149 Å². The van der Waals surface area contributed by atoms with E-state index >= 15 is 0 Å². The number of carbonyl (C=O) groups is 1. The minimum Gasteiger partial charge on any atom is -0.394 e. The minimum atomic E-state index is -2.00. The van der Waals surface area contributed by atoms with Crippen LogP contribution in [0.15, 0.2) is 48.5 Å². The number of ether oxygens (including phenoxy) is 1. The summed E-state index contributed by atoms with van der Waals surface area (Å²) in [6, 6.07) is 14.0. The molecule has 3 rings (SSSR count). The molecule has 0 bridgehead atoms. The van der Waals surface area contributed by atoms with Crippen LogP contribution in [0.5, 0.6) is 0 Å². The van der Waals surface area contributed by atoms with Gasteiger partial charge in [-0.1, -0.05) is 24.3 Å². The number of nitrogens with zero attached hydrogens (tertiary/aromatic N) is 1. The fourth-order valence-corrected chi connectivity index (χ4v) is 3.04. The second kappa shape index (κ2) is 6.96. The molecule has 1 fully saturated rings. The first-order valence-corrected chi connectivity index (χ1v) is 7.92. The molecule has 1 aliphatic rings. The predicted octanol–water partition coefficient (Wildman–Crippen LogP) is 0.0473. The van der Waals surface area contributed by atoms with Crippen molar-refractivity contribution in [2.24, 2.45) is 0 Å². The Balaban J connectivity index is 1.88. The third kappa shape index (κ3) is 2.90. The highest BCUT2D eigenvalue weighted by molar-refractivity contribution is 6.09. The van der Waals surface area contributed by atoms with E-state index in [0.29, 0.717) is 16.7 Å². The normalized spacial score (nSPS) is 27.9. The van der Waals surface area contributed by atoms with E-state index in [1.807, 2.05) is 6.07 Å². The average Bonchev–Trinajstić information content (AvgIpc) is 2.92. The first kappa shape index (κ1) is 18.2. The summed E-state index contributed by atoms with van der Waals surface area (Å²) >= 11 is 0. The van der Waals surface area contributed by atoms with Crippen LogP contribution in [0.2, 0.25) is 0 Å². The Morgan fingerprint density at radius 2 is 1.62 bits per heavy atom. The molecule has 0 aromatic heterocycles. The van der Waals surface area contributed by atoms with E-state index in [4.69, 9.17) is 10.00 Å². The molecule has 1 aliphatic heterocycles. The van der Waals surface area contributed by atoms with Crippen LogP contribution >= 0.6 is 0 Å². The van der Waals surface area contributed by atoms with Gasteiger partial charge in [0.15, 0.2) is 12.1 Å². The molecule has 1 saturated heterocycles. The van der Waals surface area contributed by atoms with Gasteiger partial charge in [-0.2, -0.15) is 5.26 Å². The first-order valence-electron chi connectivity index (χ1n) is 7.92. The van der Waals surface area contributed by atoms with Gasteiger partial charge in [-0.3, -0.25) is 4.79 Å². The van der Waals surface area contributed by atoms with Gasteiger partial charge in [0.2, 0.25) is 0 Å². The molecule has 2 aromatic rings. The Bertz CT molecular complexity index is 842. The second-order valence-electron chi connectivity index (χ2n) is 6.06. The molecule has 0 radical (unpaired) electrons. The number of ketones is 1. The Morgan fingerprint density at radius 3 is 2.12 bits per heavy atom. The molecule has 0 aliphatic carbocycles. The number of nitriles is 1. The maximum atomic E-state index is 12.5. The zero-order chi connectivity index (χ0) is 18.9. The molecule has 7 nitrogen and oxygen atoms in total. The van der Waals surface area contributed by atoms with E-state index in [1.165, 1.54) is 24.3 Å². The summed E-state index contributed by atoms with van der Waals surface area (Å²) in [6.45, 7) is -0.601. The SMILES string of the molecule is N#Cc1ccc(C(=O)c2ccc([C@]3(O)[C@H](O)[C@@H](O)O[C@@H]3CO)cc2)cc1. The van der Waals surface area contributed by atoms with Crippen LogP contribution < -0.4 is 0 Å². The van der Waals surface area contributed by atoms with Gasteiger partial charge in [-0.15, -0.1) is 0 Å². The van der Waals surface area contributed by atoms with Gasteiger partial charge in [-0.05, 0) is 29.8 Å². The zero-order valence-corrected chi connectivity index (χ0v) is 13.6. The van der Waals surface area contributed by atoms with Crippen LogP contribution in [0.4, 0.5) is 0 Å². The molecule has 1 heterocycles. The summed E-state index contributed by atoms with van der Waals surface area (Å²) in [5.74, 6) is -0.269. The van der Waals surface area contributed by atoms with Gasteiger partial charge < -0.3 is 25.2 Å². The lowest BCUT2D eigenvalue weighted by Gasteiger charge is -2.30. The highest BCUT2D eigenvalue weighted by Crippen LogP contribution is 2.39. The zero-order valence-electron chi connectivity index (χ0n) is 13.6. The number of rotatable bonds is 4. The number of aliphatic hydroxyl groups excluding tert-OH is 3. The van der Waals surface area contributed by atoms with Crippen molar-refractivity contribution in [3.05, 3.63) is 70.8 Å². The molecular weight excluding hydrogens is 338 g/mol. The van der Waals surface area contributed by atoms with Crippen LogP contribution in [0.3, 0.4) is 0 Å². The topological polar surface area (TPSA) is 131 Å². The molecule has 0 unspecified atom stereocenters. The molecule has 4 N–H and O–H groups in total. The monoisotopic (exact) mass is 355 g/mol. The van der Waals surface area contributed by atoms with Crippen molar-refractivity contribution in [1.82, 2.24) is 0 Å². The number of carbonyl (C=O) groups excluding carboxylic acids is 1. The van der Waals surface area contributed by atoms with Gasteiger partial charge in [0.05, 0.1) is 18.2 Å². The van der Waals surface area contributed by atoms with Gasteiger partial charge in [0.25, 0.3) is 0 Å². The molecule has 4 atom stereocenters. The molecule has 0 amide bonds. The quantitative estimate of drug-likeness (QED) is 0.570. The van der Waals surface area contributed by atoms with Gasteiger partial charge in [0.1, 0.15) is 17.8 Å². The van der Waals surface area contributed by atoms with Crippen molar-refractivity contribution in [3.63, 3.8) is 0 Å². The van der Waals surface area contributed by atoms with Crippen LogP contribution in [0, 0.1) is 11.3 Å². The smallest absolute Gasteiger partial charge is 0.193 e. The molecule has 0 spiro atoms. The van der Waals surface area contributed by atoms with E-state index in [-0.39, 0.29) is 11.3 Å². The molecule has 26 heavy (non-hydrogen) atoms. The average molecular weight is 355 g/mol. The predicted molar refractivity (Wildman–Crippen MR) is 88.9 cm³/mol. The van der Waals surface area contributed by atoms with Crippen molar-refractivity contribution < 1.29 is 30.0 Å². The molecular formula is C19H17NO6. The summed E-state index contributed by atoms with van der Waals surface area (Å²) in [6.07, 6.45) is -4.47. The highest BCUT2D eigenvalue weighted by atomic mass is 16.7. The van der Waals surface area contributed by atoms with E-state index in [1.54, 1.807) is 24.3 Å². The summed E-state index contributed by atoms with van der Waals surface area (Å²) in [5.41, 5.74) is -0.593. The lowest BCUT2D eigenvalue weighted by atomic mass is 9.84. The standard InChI is InChI=1S/C19H17NO6/c20-9-11-1-3-12(4-2-11)16(22)13-5-7-14(8-6-13)19(25)15(10-21)26-18(24)17(19)23/h1-8,15,17-18,21,23-25H,10H2/t15-,17-,18+,19-/m1/s1. The van der Waals surface area contributed by atoms with Crippen LogP contribution in [-0.2, 0) is 10.3 Å². The first-order chi connectivity index (χ1) is 12.4. The number of benzene rings is 2. The minimum absolute atomic E-state index is 0.206. The van der Waals surface area contributed by atoms with Crippen molar-refractivity contribution in [2.45, 2.75) is 24.1 Å². The number of hydrogen-bond donors (Lipinski definition) is 4. The third-order valence-electron chi connectivity index (χ3n) is 4.57. The van der Waals surface area contributed by atoms with E-state index in [9.17, 15) is 25.2 Å². The Kier molecular flexibility index (Phi) is 4.87. The van der Waals surface area contributed by atoms with Crippen molar-refractivity contribution >= 4 is 5.78 Å². The molecule has 0 saturated carbocycles. The van der Waals surface area contributed by atoms with Crippen LogP contribution in [0.25, 0.3) is 0 Å². The van der Waals surface area contributed by atoms with Crippen LogP contribution in [-0.4, -0.2) is 51.3 Å². The van der Waals surface area contributed by atoms with Crippen molar-refractivity contribution in [1.29, 1.82) is 5.26 Å². The Hall–Kier alpha value is -2.60. The largest absolute Gasteiger partial charge is 0.394 e. The van der Waals surface area contributed by atoms with E-state index in [2.05, 4.69) is 0 Å². The third-order valence-corrected chi connectivity index (χ3v) is 4.57. The molecule has 7 heteroatoms. The maximum Gasteiger partial charge on any atom is 0.193 e. The lowest BCUT2D eigenvalue weighted by Crippen LogP contribution is -2.46. The number of aliphatic hydroxyl groups is 4. The van der Waals surface area contributed by atoms with Crippen molar-refractivity contribution in [2.75, 3.05) is 6.61 Å². The fourth-order valence-electron chi connectivity index (χ4n) is 3.04. The highest BCUT2D eigenvalue weighted by Gasteiger charge is 2.55. The Morgan fingerprint density at radius 1 is 1.08 bits per heavy atom. The van der Waals surface area contributed by atoms with E-state index in [0.717, 1.165) is 0 Å². The maximum absolute atomic E-state index is 12.5. The molecule has 134 valence electrons. The second-order valence-corrected chi connectivity index (χ2v) is 6.06. The van der Waals surface area contributed by atoms with Crippen LogP contribution in [0.1, 0.15) is 27.0 Å². The van der Waals surface area contributed by atoms with Gasteiger partial charge >= 0.3 is 0 Å². The summed E-state index contributed by atoms with van der Waals surface area (Å²) in [5, 5.41) is 48.6. The summed E-state index contributed by atoms with van der Waals surface area (Å²) < 4.78 is 4.97. The summed E-state index contributed by atoms with van der Waals surface area (Å²) in [7, 11) is 0. The lowest BCUT2D eigenvalue weighted by molar-refractivity contribution is -0.132. The van der Waals surface area contributed by atoms with Crippen molar-refractivity contribution in [3.8, 4) is 6.07 Å². The molecule has 2 aromatic carbocycles. The number of hydrogen-bond acceptors (Lipinski definition) is 7.